The van der Waals surface area contributed by atoms with Gasteiger partial charge >= 0.3 is 6.03 Å². The topological polar surface area (TPSA) is 80.8 Å². The molecule has 40 heavy (non-hydrogen) atoms. The summed E-state index contributed by atoms with van der Waals surface area (Å²) in [5.74, 6) is 0.964. The Kier molecular flexibility index (Phi) is 6.40. The Balaban J connectivity index is 1.15. The fraction of sp³-hybridized carbons (Fsp3) is 0.483. The molecule has 1 N–H and O–H groups in total. The SMILES string of the molecule is CN(C)C(=O)N1CCC2(CC1)CN(Cc1cc3nc(-c4c(F)ccc5[nH]ccc45)nc(N4CCOCC4)c3s1)C2. The Morgan fingerprint density at radius 3 is 2.65 bits per heavy atom. The second kappa shape index (κ2) is 9.97. The Bertz CT molecular complexity index is 1560. The number of amides is 2. The lowest BCUT2D eigenvalue weighted by molar-refractivity contribution is -0.0450. The molecule has 3 aromatic heterocycles. The van der Waals surface area contributed by atoms with E-state index < -0.39 is 0 Å². The molecular formula is C29H34FN7O2S. The van der Waals surface area contributed by atoms with Crippen LogP contribution >= 0.6 is 11.3 Å². The number of carbonyl (C=O) groups excluding carboxylic acids is 1. The highest BCUT2D eigenvalue weighted by molar-refractivity contribution is 7.19. The van der Waals surface area contributed by atoms with Crippen molar-refractivity contribution < 1.29 is 13.9 Å². The lowest BCUT2D eigenvalue weighted by atomic mass is 9.72. The number of morpholine rings is 1. The number of urea groups is 1. The van der Waals surface area contributed by atoms with Crippen LogP contribution in [-0.4, -0.2) is 102 Å². The highest BCUT2D eigenvalue weighted by atomic mass is 32.1. The van der Waals surface area contributed by atoms with Crippen LogP contribution in [0.3, 0.4) is 0 Å². The molecule has 7 rings (SSSR count). The summed E-state index contributed by atoms with van der Waals surface area (Å²) in [6.45, 7) is 7.43. The van der Waals surface area contributed by atoms with E-state index in [0.717, 1.165) is 85.6 Å². The number of rotatable bonds is 4. The van der Waals surface area contributed by atoms with E-state index in [0.29, 0.717) is 30.0 Å². The zero-order valence-electron chi connectivity index (χ0n) is 23.0. The lowest BCUT2D eigenvalue weighted by Crippen LogP contribution is -2.60. The molecule has 6 heterocycles. The second-order valence-electron chi connectivity index (χ2n) is 11.6. The van der Waals surface area contributed by atoms with Gasteiger partial charge in [-0.1, -0.05) is 0 Å². The summed E-state index contributed by atoms with van der Waals surface area (Å²) in [6, 6.07) is 7.39. The zero-order chi connectivity index (χ0) is 27.4. The van der Waals surface area contributed by atoms with Gasteiger partial charge in [0.05, 0.1) is 29.0 Å². The van der Waals surface area contributed by atoms with E-state index >= 15 is 4.39 Å². The molecule has 3 saturated heterocycles. The van der Waals surface area contributed by atoms with Gasteiger partial charge in [-0.05, 0) is 42.5 Å². The van der Waals surface area contributed by atoms with Crippen LogP contribution in [0, 0.1) is 11.2 Å². The van der Waals surface area contributed by atoms with Gasteiger partial charge in [-0.2, -0.15) is 0 Å². The summed E-state index contributed by atoms with van der Waals surface area (Å²) in [4.78, 5) is 35.0. The quantitative estimate of drug-likeness (QED) is 0.397. The number of fused-ring (bicyclic) bond motifs is 2. The molecule has 9 nitrogen and oxygen atoms in total. The first kappa shape index (κ1) is 25.7. The van der Waals surface area contributed by atoms with Gasteiger partial charge in [0, 0.05) is 81.9 Å². The molecule has 0 radical (unpaired) electrons. The van der Waals surface area contributed by atoms with E-state index in [-0.39, 0.29) is 11.8 Å². The first-order chi connectivity index (χ1) is 19.4. The van der Waals surface area contributed by atoms with E-state index in [4.69, 9.17) is 14.7 Å². The summed E-state index contributed by atoms with van der Waals surface area (Å²) in [5, 5.41) is 0.784. The molecule has 0 aliphatic carbocycles. The van der Waals surface area contributed by atoms with Crippen LogP contribution in [-0.2, 0) is 11.3 Å². The van der Waals surface area contributed by atoms with E-state index in [1.165, 1.54) is 10.9 Å². The molecule has 3 fully saturated rings. The number of carbonyl (C=O) groups is 1. The second-order valence-corrected chi connectivity index (χ2v) is 12.7. The largest absolute Gasteiger partial charge is 0.378 e. The number of piperidine rings is 1. The van der Waals surface area contributed by atoms with Crippen molar-refractivity contribution in [1.82, 2.24) is 29.7 Å². The number of nitrogens with one attached hydrogen (secondary N) is 1. The number of likely N-dealkylation sites (tertiary alicyclic amines) is 2. The first-order valence-corrected chi connectivity index (χ1v) is 14.8. The third-order valence-corrected chi connectivity index (χ3v) is 9.70. The molecule has 0 atom stereocenters. The normalized spacial score (nSPS) is 19.5. The lowest BCUT2D eigenvalue weighted by Gasteiger charge is -2.54. The maximum atomic E-state index is 15.2. The zero-order valence-corrected chi connectivity index (χ0v) is 23.8. The highest BCUT2D eigenvalue weighted by Gasteiger charge is 2.45. The average molecular weight is 564 g/mol. The van der Waals surface area contributed by atoms with Gasteiger partial charge in [-0.3, -0.25) is 4.90 Å². The molecule has 210 valence electrons. The predicted octanol–water partition coefficient (Wildman–Crippen LogP) is 4.39. The van der Waals surface area contributed by atoms with E-state index in [1.807, 2.05) is 31.3 Å². The molecule has 3 aliphatic heterocycles. The van der Waals surface area contributed by atoms with Crippen molar-refractivity contribution in [1.29, 1.82) is 0 Å². The van der Waals surface area contributed by atoms with Crippen LogP contribution in [0.2, 0.25) is 0 Å². The molecule has 4 aromatic rings. The fourth-order valence-corrected chi connectivity index (χ4v) is 7.64. The Morgan fingerprint density at radius 1 is 1.12 bits per heavy atom. The van der Waals surface area contributed by atoms with E-state index in [2.05, 4.69) is 20.9 Å². The minimum atomic E-state index is -0.320. The number of thiophene rings is 1. The Hall–Kier alpha value is -3.28. The van der Waals surface area contributed by atoms with E-state index in [9.17, 15) is 4.79 Å². The average Bonchev–Trinajstić information content (AvgIpc) is 3.58. The summed E-state index contributed by atoms with van der Waals surface area (Å²) in [6.07, 6.45) is 3.94. The third-order valence-electron chi connectivity index (χ3n) is 8.60. The van der Waals surface area contributed by atoms with Crippen LogP contribution in [0.25, 0.3) is 32.5 Å². The van der Waals surface area contributed by atoms with Crippen LogP contribution in [0.5, 0.6) is 0 Å². The van der Waals surface area contributed by atoms with Crippen LogP contribution < -0.4 is 4.90 Å². The maximum Gasteiger partial charge on any atom is 0.319 e. The van der Waals surface area contributed by atoms with Crippen molar-refractivity contribution in [3.63, 3.8) is 0 Å². The monoisotopic (exact) mass is 563 g/mol. The van der Waals surface area contributed by atoms with Gasteiger partial charge in [0.25, 0.3) is 0 Å². The molecule has 1 aromatic carbocycles. The number of H-pyrrole nitrogens is 1. The molecule has 0 bridgehead atoms. The van der Waals surface area contributed by atoms with Gasteiger partial charge in [0.15, 0.2) is 11.6 Å². The predicted molar refractivity (Wildman–Crippen MR) is 155 cm³/mol. The number of ether oxygens (including phenoxy) is 1. The Labute approximate surface area is 236 Å². The summed E-state index contributed by atoms with van der Waals surface area (Å²) in [7, 11) is 3.63. The third kappa shape index (κ3) is 4.49. The fourth-order valence-electron chi connectivity index (χ4n) is 6.48. The van der Waals surface area contributed by atoms with Crippen LogP contribution in [0.15, 0.2) is 30.5 Å². The number of anilines is 1. The van der Waals surface area contributed by atoms with Crippen molar-refractivity contribution in [2.24, 2.45) is 5.41 Å². The molecule has 11 heteroatoms. The highest BCUT2D eigenvalue weighted by Crippen LogP contribution is 2.43. The number of halogens is 1. The number of nitrogens with zero attached hydrogens (tertiary/aromatic N) is 6. The van der Waals surface area contributed by atoms with Crippen molar-refractivity contribution in [2.75, 3.05) is 71.5 Å². The Morgan fingerprint density at radius 2 is 1.90 bits per heavy atom. The molecule has 3 aliphatic rings. The van der Waals surface area contributed by atoms with Crippen molar-refractivity contribution in [2.45, 2.75) is 19.4 Å². The number of hydrogen-bond acceptors (Lipinski definition) is 7. The maximum absolute atomic E-state index is 15.2. The molecule has 0 saturated carbocycles. The number of aromatic nitrogens is 3. The minimum absolute atomic E-state index is 0.112. The van der Waals surface area contributed by atoms with Crippen molar-refractivity contribution in [3.05, 3.63) is 41.2 Å². The number of benzene rings is 1. The standard InChI is InChI=1S/C29H34FN7O2S/c1-34(2)28(38)37-9-6-29(7-10-37)17-35(18-29)16-19-15-23-25(40-19)27(36-11-13-39-14-12-36)33-26(32-23)24-20-5-8-31-22(20)4-3-21(24)30/h3-5,8,15,31H,6-7,9-14,16-18H2,1-2H3. The molecule has 1 spiro atoms. The van der Waals surface area contributed by atoms with Gasteiger partial charge < -0.3 is 24.4 Å². The number of hydrogen-bond donors (Lipinski definition) is 1. The summed E-state index contributed by atoms with van der Waals surface area (Å²) in [5.41, 5.74) is 2.48. The summed E-state index contributed by atoms with van der Waals surface area (Å²) >= 11 is 1.74. The molecule has 2 amide bonds. The van der Waals surface area contributed by atoms with Crippen LogP contribution in [0.1, 0.15) is 17.7 Å². The van der Waals surface area contributed by atoms with Crippen molar-refractivity contribution >= 4 is 44.3 Å². The molecule has 0 unspecified atom stereocenters. The van der Waals surface area contributed by atoms with E-state index in [1.54, 1.807) is 22.3 Å². The van der Waals surface area contributed by atoms with Gasteiger partial charge in [-0.15, -0.1) is 11.3 Å². The molecular weight excluding hydrogens is 529 g/mol. The van der Waals surface area contributed by atoms with Gasteiger partial charge in [0.2, 0.25) is 0 Å². The minimum Gasteiger partial charge on any atom is -0.378 e. The smallest absolute Gasteiger partial charge is 0.319 e. The van der Waals surface area contributed by atoms with Crippen LogP contribution in [0.4, 0.5) is 15.0 Å². The van der Waals surface area contributed by atoms with Crippen molar-refractivity contribution in [3.8, 4) is 11.4 Å². The van der Waals surface area contributed by atoms with Gasteiger partial charge in [0.1, 0.15) is 5.82 Å². The van der Waals surface area contributed by atoms with Gasteiger partial charge in [-0.25, -0.2) is 19.2 Å². The first-order valence-electron chi connectivity index (χ1n) is 14.0. The number of aromatic amines is 1. The summed E-state index contributed by atoms with van der Waals surface area (Å²) < 4.78 is 21.9.